The van der Waals surface area contributed by atoms with Gasteiger partial charge in [-0.25, -0.2) is 0 Å². The Morgan fingerprint density at radius 2 is 1.69 bits per heavy atom. The molecular weight excluding hydrogens is 364 g/mol. The number of fused-ring (bicyclic) bond motifs is 2. The van der Waals surface area contributed by atoms with Crippen molar-refractivity contribution in [3.63, 3.8) is 0 Å². The second-order valence-corrected chi connectivity index (χ2v) is 9.46. The number of hydrogen-bond acceptors (Lipinski definition) is 3. The first-order valence-electron chi connectivity index (χ1n) is 8.74. The molecule has 2 aliphatic rings. The van der Waals surface area contributed by atoms with E-state index in [0.717, 1.165) is 22.0 Å². The van der Waals surface area contributed by atoms with Gasteiger partial charge in [0.15, 0.2) is 0 Å². The second kappa shape index (κ2) is 6.03. The van der Waals surface area contributed by atoms with E-state index in [4.69, 9.17) is 11.6 Å². The lowest BCUT2D eigenvalue weighted by Gasteiger charge is -2.37. The van der Waals surface area contributed by atoms with Crippen molar-refractivity contribution in [2.45, 2.75) is 48.6 Å². The Hall–Kier alpha value is -1.46. The molecule has 0 aliphatic carbocycles. The van der Waals surface area contributed by atoms with Crippen molar-refractivity contribution in [3.8, 4) is 0 Å². The van der Waals surface area contributed by atoms with Crippen LogP contribution in [0.15, 0.2) is 63.9 Å². The van der Waals surface area contributed by atoms with Crippen molar-refractivity contribution in [1.82, 2.24) is 5.06 Å². The maximum atomic E-state index is 12.8. The minimum Gasteiger partial charge on any atom is -0.335 e. The molecule has 2 aromatic carbocycles. The molecule has 26 heavy (non-hydrogen) atoms. The van der Waals surface area contributed by atoms with Crippen molar-refractivity contribution < 1.29 is 5.21 Å². The van der Waals surface area contributed by atoms with E-state index in [-0.39, 0.29) is 0 Å². The summed E-state index contributed by atoms with van der Waals surface area (Å²) in [5, 5.41) is 14.7. The van der Waals surface area contributed by atoms with Gasteiger partial charge in [-0.2, -0.15) is 0 Å². The highest BCUT2D eigenvalue weighted by atomic mass is 35.5. The number of anilines is 2. The number of benzene rings is 2. The summed E-state index contributed by atoms with van der Waals surface area (Å²) >= 11 is 8.06. The third kappa shape index (κ3) is 2.76. The van der Waals surface area contributed by atoms with Gasteiger partial charge in [0, 0.05) is 21.4 Å². The third-order valence-corrected chi connectivity index (χ3v) is 6.63. The van der Waals surface area contributed by atoms with Crippen LogP contribution in [0, 0.1) is 0 Å². The molecule has 2 aromatic rings. The number of rotatable bonds is 2. The molecule has 0 aromatic heterocycles. The number of halogens is 1. The highest BCUT2D eigenvalue weighted by Gasteiger charge is 2.47. The molecule has 0 N–H and O–H groups in total. The van der Waals surface area contributed by atoms with Crippen molar-refractivity contribution in [3.05, 3.63) is 59.1 Å². The fourth-order valence-corrected chi connectivity index (χ4v) is 5.14. The zero-order valence-electron chi connectivity index (χ0n) is 15.4. The fourth-order valence-electron chi connectivity index (χ4n) is 3.89. The highest BCUT2D eigenvalue weighted by molar-refractivity contribution is 7.99. The first kappa shape index (κ1) is 17.9. The topological polar surface area (TPSA) is 26.4 Å². The van der Waals surface area contributed by atoms with Gasteiger partial charge in [0.1, 0.15) is 0 Å². The molecule has 0 atom stereocenters. The minimum absolute atomic E-state index is 0.500. The number of para-hydroxylation sites is 1. The monoisotopic (exact) mass is 385 g/mol. The van der Waals surface area contributed by atoms with Crippen molar-refractivity contribution in [2.75, 3.05) is 11.4 Å². The Labute approximate surface area is 164 Å². The van der Waals surface area contributed by atoms with Crippen molar-refractivity contribution in [1.29, 1.82) is 0 Å². The molecule has 4 rings (SSSR count). The molecule has 0 fully saturated rings. The summed E-state index contributed by atoms with van der Waals surface area (Å²) in [7, 11) is 0. The lowest BCUT2D eigenvalue weighted by molar-refractivity contribution is -0.238. The van der Waals surface area contributed by atoms with Gasteiger partial charge < -0.3 is 4.90 Å². The molecule has 2 aliphatic heterocycles. The van der Waals surface area contributed by atoms with Gasteiger partial charge in [-0.3, -0.25) is 0 Å². The molecule has 5 heteroatoms. The number of nitrogens with zero attached hydrogens (tertiary/aromatic N) is 2. The first-order chi connectivity index (χ1) is 12.2. The van der Waals surface area contributed by atoms with Gasteiger partial charge in [-0.05, 0) is 63.6 Å². The summed E-state index contributed by atoms with van der Waals surface area (Å²) < 4.78 is 0. The number of hydroxylamine groups is 2. The van der Waals surface area contributed by atoms with Gasteiger partial charge in [-0.1, -0.05) is 41.6 Å². The SMILES string of the molecule is CC1(C)C=C(CN2c3ccccc3Sc3ccc(Cl)cc32)C(C)(C)N1[O]. The van der Waals surface area contributed by atoms with E-state index in [1.807, 2.05) is 39.8 Å². The standard InChI is InChI=1S/C21H22ClN2OS/c1-20(2)12-14(21(3,4)24(20)25)13-23-16-7-5-6-8-18(16)26-19-10-9-15(22)11-17(19)23/h5-12H,13H2,1-4H3. The average Bonchev–Trinajstić information content (AvgIpc) is 2.74. The Morgan fingerprint density at radius 3 is 2.38 bits per heavy atom. The van der Waals surface area contributed by atoms with Crippen LogP contribution in [-0.2, 0) is 5.21 Å². The molecule has 3 nitrogen and oxygen atoms in total. The van der Waals surface area contributed by atoms with Crippen LogP contribution in [0.25, 0.3) is 0 Å². The van der Waals surface area contributed by atoms with Crippen LogP contribution >= 0.6 is 23.4 Å². The summed E-state index contributed by atoms with van der Waals surface area (Å²) in [5.41, 5.74) is 2.35. The summed E-state index contributed by atoms with van der Waals surface area (Å²) in [5.74, 6) is 0. The maximum absolute atomic E-state index is 12.8. The molecular formula is C21H22ClN2OS. The third-order valence-electron chi connectivity index (χ3n) is 5.26. The molecule has 1 radical (unpaired) electrons. The lowest BCUT2D eigenvalue weighted by atomic mass is 9.95. The molecule has 2 heterocycles. The van der Waals surface area contributed by atoms with Gasteiger partial charge in [0.25, 0.3) is 0 Å². The molecule has 135 valence electrons. The predicted octanol–water partition coefficient (Wildman–Crippen LogP) is 6.09. The van der Waals surface area contributed by atoms with Gasteiger partial charge in [-0.15, -0.1) is 10.3 Å². The van der Waals surface area contributed by atoms with E-state index in [2.05, 4.69) is 41.3 Å². The quantitative estimate of drug-likeness (QED) is 0.585. The van der Waals surface area contributed by atoms with Crippen molar-refractivity contribution >= 4 is 34.7 Å². The average molecular weight is 386 g/mol. The van der Waals surface area contributed by atoms with Crippen LogP contribution in [0.1, 0.15) is 27.7 Å². The zero-order valence-corrected chi connectivity index (χ0v) is 17.0. The Kier molecular flexibility index (Phi) is 4.16. The normalized spacial score (nSPS) is 20.5. The summed E-state index contributed by atoms with van der Waals surface area (Å²) in [6, 6.07) is 14.4. The van der Waals surface area contributed by atoms with E-state index in [1.54, 1.807) is 11.8 Å². The van der Waals surface area contributed by atoms with Crippen LogP contribution in [0.3, 0.4) is 0 Å². The zero-order chi connectivity index (χ0) is 18.7. The molecule has 0 amide bonds. The lowest BCUT2D eigenvalue weighted by Crippen LogP contribution is -2.47. The summed E-state index contributed by atoms with van der Waals surface area (Å²) in [6.07, 6.45) is 2.12. The van der Waals surface area contributed by atoms with Crippen LogP contribution in [0.2, 0.25) is 5.02 Å². The fraction of sp³-hybridized carbons (Fsp3) is 0.333. The smallest absolute Gasteiger partial charge is 0.0673 e. The molecule has 0 unspecified atom stereocenters. The molecule has 0 saturated carbocycles. The van der Waals surface area contributed by atoms with Gasteiger partial charge >= 0.3 is 0 Å². The van der Waals surface area contributed by atoms with E-state index in [9.17, 15) is 5.21 Å². The Morgan fingerprint density at radius 1 is 1.00 bits per heavy atom. The van der Waals surface area contributed by atoms with Crippen molar-refractivity contribution in [2.24, 2.45) is 0 Å². The summed E-state index contributed by atoms with van der Waals surface area (Å²) in [6.45, 7) is 8.62. The molecule has 0 saturated heterocycles. The first-order valence-corrected chi connectivity index (χ1v) is 9.93. The molecule has 0 bridgehead atoms. The predicted molar refractivity (Wildman–Crippen MR) is 108 cm³/mol. The van der Waals surface area contributed by atoms with E-state index >= 15 is 0 Å². The van der Waals surface area contributed by atoms with Crippen LogP contribution in [0.4, 0.5) is 11.4 Å². The largest absolute Gasteiger partial charge is 0.335 e. The van der Waals surface area contributed by atoms with E-state index in [0.29, 0.717) is 6.54 Å². The van der Waals surface area contributed by atoms with Gasteiger partial charge in [0.2, 0.25) is 0 Å². The Bertz CT molecular complexity index is 907. The number of hydrogen-bond donors (Lipinski definition) is 0. The minimum atomic E-state index is -0.540. The summed E-state index contributed by atoms with van der Waals surface area (Å²) in [4.78, 5) is 4.69. The van der Waals surface area contributed by atoms with Crippen LogP contribution in [-0.4, -0.2) is 22.7 Å². The van der Waals surface area contributed by atoms with Gasteiger partial charge in [0.05, 0.1) is 22.5 Å². The van der Waals surface area contributed by atoms with E-state index < -0.39 is 11.1 Å². The highest BCUT2D eigenvalue weighted by Crippen LogP contribution is 2.50. The Balaban J connectivity index is 1.81. The van der Waals surface area contributed by atoms with E-state index in [1.165, 1.54) is 14.9 Å². The van der Waals surface area contributed by atoms with Crippen LogP contribution in [0.5, 0.6) is 0 Å². The maximum Gasteiger partial charge on any atom is 0.0673 e. The van der Waals surface area contributed by atoms with Crippen LogP contribution < -0.4 is 4.90 Å². The second-order valence-electron chi connectivity index (χ2n) is 7.94. The molecule has 0 spiro atoms.